The van der Waals surface area contributed by atoms with Gasteiger partial charge in [0.1, 0.15) is 12.2 Å². The van der Waals surface area contributed by atoms with Crippen LogP contribution in [-0.2, 0) is 0 Å². The minimum atomic E-state index is -1.26. The smallest absolute Gasteiger partial charge is 0.110 e. The molecule has 1 heterocycles. The highest BCUT2D eigenvalue weighted by molar-refractivity contribution is 4.88. The van der Waals surface area contributed by atoms with Crippen molar-refractivity contribution in [2.45, 2.75) is 76.3 Å². The fourth-order valence-electron chi connectivity index (χ4n) is 2.75. The largest absolute Gasteiger partial charge is 0.389 e. The third-order valence-corrected chi connectivity index (χ3v) is 4.11. The zero-order chi connectivity index (χ0) is 15.0. The molecule has 20 heavy (non-hydrogen) atoms. The van der Waals surface area contributed by atoms with Gasteiger partial charge in [0.05, 0.1) is 12.2 Å². The van der Waals surface area contributed by atoms with Crippen LogP contribution in [-0.4, -0.2) is 69.4 Å². The molecular weight excluding hydrogens is 258 g/mol. The number of rotatable bonds is 8. The minimum Gasteiger partial charge on any atom is -0.389 e. The van der Waals surface area contributed by atoms with E-state index in [1.54, 1.807) is 0 Å². The van der Waals surface area contributed by atoms with Crippen molar-refractivity contribution in [2.75, 3.05) is 19.6 Å². The highest BCUT2D eigenvalue weighted by atomic mass is 16.4. The van der Waals surface area contributed by atoms with E-state index in [9.17, 15) is 20.4 Å². The normalized spacial score (nSPS) is 32.2. The highest BCUT2D eigenvalue weighted by Gasteiger charge is 2.35. The first kappa shape index (κ1) is 17.9. The maximum absolute atomic E-state index is 9.75. The fraction of sp³-hybridized carbons (Fsp3) is 1.00. The molecular formula is C15H31NO4. The van der Waals surface area contributed by atoms with Gasteiger partial charge in [-0.3, -0.25) is 4.90 Å². The van der Waals surface area contributed by atoms with E-state index in [4.69, 9.17) is 0 Å². The predicted octanol–water partition coefficient (Wildman–Crippen LogP) is 0.496. The summed E-state index contributed by atoms with van der Waals surface area (Å²) in [6.07, 6.45) is 4.03. The lowest BCUT2D eigenvalue weighted by Crippen LogP contribution is -2.43. The highest BCUT2D eigenvalue weighted by Crippen LogP contribution is 2.15. The van der Waals surface area contributed by atoms with Crippen LogP contribution in [0.4, 0.5) is 0 Å². The lowest BCUT2D eigenvalue weighted by atomic mass is 10.1. The van der Waals surface area contributed by atoms with E-state index >= 15 is 0 Å². The summed E-state index contributed by atoms with van der Waals surface area (Å²) < 4.78 is 0. The van der Waals surface area contributed by atoms with E-state index < -0.39 is 24.4 Å². The molecule has 120 valence electrons. The molecule has 1 saturated heterocycles. The molecule has 0 spiro atoms. The number of nitrogens with zero attached hydrogens (tertiary/aromatic N) is 1. The van der Waals surface area contributed by atoms with Gasteiger partial charge in [0.25, 0.3) is 0 Å². The Balaban J connectivity index is 2.19. The Morgan fingerprint density at radius 2 is 1.20 bits per heavy atom. The molecule has 5 heteroatoms. The van der Waals surface area contributed by atoms with Gasteiger partial charge >= 0.3 is 0 Å². The molecule has 4 N–H and O–H groups in total. The van der Waals surface area contributed by atoms with Crippen molar-refractivity contribution >= 4 is 0 Å². The third kappa shape index (κ3) is 6.06. The average Bonchev–Trinajstić information content (AvgIpc) is 2.51. The van der Waals surface area contributed by atoms with Crippen LogP contribution in [0.15, 0.2) is 0 Å². The summed E-state index contributed by atoms with van der Waals surface area (Å²) in [4.78, 5) is 1.93. The van der Waals surface area contributed by atoms with Crippen LogP contribution in [0.3, 0.4) is 0 Å². The molecule has 1 aliphatic rings. The molecule has 1 aliphatic heterocycles. The summed E-state index contributed by atoms with van der Waals surface area (Å²) in [6, 6.07) is 0. The Morgan fingerprint density at radius 3 is 1.70 bits per heavy atom. The van der Waals surface area contributed by atoms with Gasteiger partial charge in [-0.25, -0.2) is 0 Å². The first-order valence-corrected chi connectivity index (χ1v) is 8.01. The summed E-state index contributed by atoms with van der Waals surface area (Å²) in [5, 5.41) is 38.7. The molecule has 0 aromatic carbocycles. The second-order valence-electron chi connectivity index (χ2n) is 6.00. The van der Waals surface area contributed by atoms with Crippen molar-refractivity contribution in [1.29, 1.82) is 0 Å². The zero-order valence-corrected chi connectivity index (χ0v) is 12.6. The lowest BCUT2D eigenvalue weighted by molar-refractivity contribution is -0.0894. The van der Waals surface area contributed by atoms with E-state index in [1.165, 1.54) is 32.1 Å². The maximum Gasteiger partial charge on any atom is 0.110 e. The third-order valence-electron chi connectivity index (χ3n) is 4.11. The summed E-state index contributed by atoms with van der Waals surface area (Å²) in [7, 11) is 0. The molecule has 5 nitrogen and oxygen atoms in total. The molecule has 4 atom stereocenters. The Hall–Kier alpha value is -0.200. The van der Waals surface area contributed by atoms with Gasteiger partial charge in [-0.05, 0) is 13.0 Å². The topological polar surface area (TPSA) is 84.2 Å². The molecule has 0 aromatic heterocycles. The average molecular weight is 289 g/mol. The van der Waals surface area contributed by atoms with Crippen molar-refractivity contribution in [3.8, 4) is 0 Å². The molecule has 0 radical (unpaired) electrons. The van der Waals surface area contributed by atoms with Gasteiger partial charge in [-0.1, -0.05) is 45.4 Å². The van der Waals surface area contributed by atoms with Crippen molar-refractivity contribution in [1.82, 2.24) is 4.90 Å². The number of hydrogen-bond acceptors (Lipinski definition) is 5. The lowest BCUT2D eigenvalue weighted by Gasteiger charge is -2.23. The quantitative estimate of drug-likeness (QED) is 0.489. The van der Waals surface area contributed by atoms with Crippen LogP contribution in [0, 0.1) is 0 Å². The molecule has 0 saturated carbocycles. The molecule has 1 fully saturated rings. The molecule has 0 aromatic rings. The second kappa shape index (κ2) is 9.68. The van der Waals surface area contributed by atoms with E-state index in [0.717, 1.165) is 19.4 Å². The Labute approximate surface area is 122 Å². The van der Waals surface area contributed by atoms with E-state index in [0.29, 0.717) is 13.1 Å². The first-order valence-electron chi connectivity index (χ1n) is 8.01. The van der Waals surface area contributed by atoms with Crippen LogP contribution in [0.5, 0.6) is 0 Å². The number of unbranched alkanes of at least 4 members (excludes halogenated alkanes) is 6. The number of likely N-dealkylation sites (tertiary alicyclic amines) is 1. The molecule has 0 amide bonds. The molecule has 4 unspecified atom stereocenters. The predicted molar refractivity (Wildman–Crippen MR) is 78.5 cm³/mol. The fourth-order valence-corrected chi connectivity index (χ4v) is 2.75. The molecule has 1 rings (SSSR count). The van der Waals surface area contributed by atoms with Crippen LogP contribution >= 0.6 is 0 Å². The minimum absolute atomic E-state index is 0.311. The van der Waals surface area contributed by atoms with Gasteiger partial charge in [0, 0.05) is 13.1 Å². The summed E-state index contributed by atoms with van der Waals surface area (Å²) in [5.74, 6) is 0. The first-order chi connectivity index (χ1) is 9.56. The second-order valence-corrected chi connectivity index (χ2v) is 6.00. The SMILES string of the molecule is CCCCCCCCCN1CC(O)C(O)C(O)C(O)C1. The van der Waals surface area contributed by atoms with Gasteiger partial charge in [-0.15, -0.1) is 0 Å². The van der Waals surface area contributed by atoms with Crippen molar-refractivity contribution in [3.63, 3.8) is 0 Å². The number of aliphatic hydroxyl groups is 4. The van der Waals surface area contributed by atoms with Gasteiger partial charge in [0.2, 0.25) is 0 Å². The number of β-amino-alcohol motifs (C(OH)–C–C–N with tert-alkyl or cyclic N) is 2. The Bertz CT molecular complexity index is 236. The zero-order valence-electron chi connectivity index (χ0n) is 12.6. The van der Waals surface area contributed by atoms with Gasteiger partial charge < -0.3 is 20.4 Å². The number of aliphatic hydroxyl groups excluding tert-OH is 4. The van der Waals surface area contributed by atoms with Gasteiger partial charge in [0.15, 0.2) is 0 Å². The van der Waals surface area contributed by atoms with E-state index in [2.05, 4.69) is 6.92 Å². The van der Waals surface area contributed by atoms with Gasteiger partial charge in [-0.2, -0.15) is 0 Å². The summed E-state index contributed by atoms with van der Waals surface area (Å²) in [6.45, 7) is 3.62. The van der Waals surface area contributed by atoms with Crippen molar-refractivity contribution < 1.29 is 20.4 Å². The Kier molecular flexibility index (Phi) is 8.64. The standard InChI is InChI=1S/C15H31NO4/c1-2-3-4-5-6-7-8-9-16-10-12(17)14(19)15(20)13(18)11-16/h12-15,17-20H,2-11H2,1H3. The monoisotopic (exact) mass is 289 g/mol. The molecule has 0 aliphatic carbocycles. The summed E-state index contributed by atoms with van der Waals surface area (Å²) >= 11 is 0. The van der Waals surface area contributed by atoms with Crippen molar-refractivity contribution in [2.24, 2.45) is 0 Å². The van der Waals surface area contributed by atoms with Crippen LogP contribution in [0.2, 0.25) is 0 Å². The van der Waals surface area contributed by atoms with Crippen LogP contribution in [0.25, 0.3) is 0 Å². The van der Waals surface area contributed by atoms with Crippen LogP contribution in [0.1, 0.15) is 51.9 Å². The Morgan fingerprint density at radius 1 is 0.750 bits per heavy atom. The molecule has 0 bridgehead atoms. The summed E-state index contributed by atoms with van der Waals surface area (Å²) in [5.41, 5.74) is 0. The van der Waals surface area contributed by atoms with Crippen LogP contribution < -0.4 is 0 Å². The van der Waals surface area contributed by atoms with Crippen molar-refractivity contribution in [3.05, 3.63) is 0 Å². The number of hydrogen-bond donors (Lipinski definition) is 4. The maximum atomic E-state index is 9.75. The van der Waals surface area contributed by atoms with E-state index in [1.807, 2.05) is 4.90 Å². The van der Waals surface area contributed by atoms with E-state index in [-0.39, 0.29) is 0 Å².